The van der Waals surface area contributed by atoms with Crippen LogP contribution < -0.4 is 10.1 Å². The van der Waals surface area contributed by atoms with Crippen LogP contribution in [-0.4, -0.2) is 23.6 Å². The maximum Gasteiger partial charge on any atom is 0.341 e. The van der Waals surface area contributed by atoms with Crippen molar-refractivity contribution in [1.82, 2.24) is 0 Å². The summed E-state index contributed by atoms with van der Waals surface area (Å²) in [5.41, 5.74) is 1.44. The first kappa shape index (κ1) is 15.6. The summed E-state index contributed by atoms with van der Waals surface area (Å²) in [5, 5.41) is 11.3. The molecule has 6 heteroatoms. The Morgan fingerprint density at radius 3 is 2.73 bits per heavy atom. The van der Waals surface area contributed by atoms with E-state index in [0.717, 1.165) is 17.7 Å². The third-order valence-electron chi connectivity index (χ3n) is 3.02. The first-order chi connectivity index (χ1) is 10.5. The van der Waals surface area contributed by atoms with Crippen molar-refractivity contribution in [1.29, 1.82) is 0 Å². The highest BCUT2D eigenvalue weighted by atomic mass is 16.5. The van der Waals surface area contributed by atoms with Crippen LogP contribution in [0.5, 0.6) is 5.75 Å². The molecule has 1 aromatic heterocycles. The predicted octanol–water partition coefficient (Wildman–Crippen LogP) is 2.87. The van der Waals surface area contributed by atoms with E-state index in [-0.39, 0.29) is 11.7 Å². The topological polar surface area (TPSA) is 88.8 Å². The Balaban J connectivity index is 2.07. The minimum absolute atomic E-state index is 0.242. The molecule has 1 aromatic carbocycles. The van der Waals surface area contributed by atoms with Gasteiger partial charge in [0.05, 0.1) is 0 Å². The molecule has 0 unspecified atom stereocenters. The zero-order valence-corrected chi connectivity index (χ0v) is 12.4. The molecule has 22 heavy (non-hydrogen) atoms. The zero-order chi connectivity index (χ0) is 16.1. The normalized spacial score (nSPS) is 10.3. The van der Waals surface area contributed by atoms with Gasteiger partial charge in [-0.2, -0.15) is 0 Å². The summed E-state index contributed by atoms with van der Waals surface area (Å²) >= 11 is 0. The molecular weight excluding hydrogens is 286 g/mol. The quantitative estimate of drug-likeness (QED) is 0.856. The molecule has 1 heterocycles. The average molecular weight is 303 g/mol. The largest absolute Gasteiger partial charge is 0.482 e. The van der Waals surface area contributed by atoms with Gasteiger partial charge in [-0.1, -0.05) is 13.0 Å². The van der Waals surface area contributed by atoms with Crippen molar-refractivity contribution in [3.8, 4) is 5.75 Å². The zero-order valence-electron chi connectivity index (χ0n) is 12.4. The lowest BCUT2D eigenvalue weighted by Gasteiger charge is -2.07. The lowest BCUT2D eigenvalue weighted by Crippen LogP contribution is -2.12. The van der Waals surface area contributed by atoms with E-state index in [2.05, 4.69) is 5.32 Å². The van der Waals surface area contributed by atoms with Crippen LogP contribution in [0.1, 0.15) is 28.8 Å². The van der Waals surface area contributed by atoms with Gasteiger partial charge in [0.15, 0.2) is 12.4 Å². The number of benzene rings is 1. The number of aliphatic carboxylic acids is 1. The number of hydrogen-bond acceptors (Lipinski definition) is 4. The second-order valence-electron chi connectivity index (χ2n) is 4.73. The van der Waals surface area contributed by atoms with E-state index in [0.29, 0.717) is 11.4 Å². The minimum Gasteiger partial charge on any atom is -0.482 e. The molecule has 6 nitrogen and oxygen atoms in total. The van der Waals surface area contributed by atoms with Crippen molar-refractivity contribution >= 4 is 17.6 Å². The minimum atomic E-state index is -1.06. The summed E-state index contributed by atoms with van der Waals surface area (Å²) in [4.78, 5) is 22.6. The lowest BCUT2D eigenvalue weighted by atomic mass is 10.2. The van der Waals surface area contributed by atoms with E-state index < -0.39 is 12.6 Å². The summed E-state index contributed by atoms with van der Waals surface area (Å²) in [6.07, 6.45) is 0.720. The molecule has 116 valence electrons. The molecule has 0 bridgehead atoms. The van der Waals surface area contributed by atoms with Gasteiger partial charge in [-0.05, 0) is 30.7 Å². The van der Waals surface area contributed by atoms with Crippen LogP contribution in [0.3, 0.4) is 0 Å². The predicted molar refractivity (Wildman–Crippen MR) is 80.3 cm³/mol. The van der Waals surface area contributed by atoms with Gasteiger partial charge in [0.2, 0.25) is 0 Å². The van der Waals surface area contributed by atoms with Gasteiger partial charge in [-0.3, -0.25) is 4.79 Å². The van der Waals surface area contributed by atoms with E-state index >= 15 is 0 Å². The fourth-order valence-electron chi connectivity index (χ4n) is 1.98. The molecule has 0 saturated heterocycles. The summed E-state index contributed by atoms with van der Waals surface area (Å²) in [7, 11) is 0. The molecule has 0 aliphatic carbocycles. The second kappa shape index (κ2) is 6.80. The van der Waals surface area contributed by atoms with E-state index in [1.165, 1.54) is 0 Å². The number of carboxylic acids is 1. The maximum absolute atomic E-state index is 12.1. The number of amides is 1. The highest BCUT2D eigenvalue weighted by Gasteiger charge is 2.14. The van der Waals surface area contributed by atoms with E-state index in [4.69, 9.17) is 14.3 Å². The van der Waals surface area contributed by atoms with Gasteiger partial charge in [-0.15, -0.1) is 0 Å². The number of nitrogens with one attached hydrogen (secondary N) is 1. The van der Waals surface area contributed by atoms with Gasteiger partial charge >= 0.3 is 5.97 Å². The molecule has 0 aliphatic rings. The monoisotopic (exact) mass is 303 g/mol. The standard InChI is InChI=1S/C16H17NO5/c1-3-13-10(2)7-14(22-13)16(20)17-11-5-4-6-12(8-11)21-9-15(18)19/h4-8H,3,9H2,1-2H3,(H,17,20)(H,18,19). The molecule has 0 radical (unpaired) electrons. The number of carbonyl (C=O) groups is 2. The molecule has 0 aliphatic heterocycles. The number of aryl methyl sites for hydroxylation is 2. The lowest BCUT2D eigenvalue weighted by molar-refractivity contribution is -0.139. The van der Waals surface area contributed by atoms with Crippen molar-refractivity contribution in [2.24, 2.45) is 0 Å². The number of anilines is 1. The number of furan rings is 1. The van der Waals surface area contributed by atoms with Crippen LogP contribution in [0.2, 0.25) is 0 Å². The Kier molecular flexibility index (Phi) is 4.83. The Morgan fingerprint density at radius 1 is 1.32 bits per heavy atom. The maximum atomic E-state index is 12.1. The van der Waals surface area contributed by atoms with Gasteiger partial charge in [-0.25, -0.2) is 4.79 Å². The average Bonchev–Trinajstić information content (AvgIpc) is 2.87. The molecular formula is C16H17NO5. The van der Waals surface area contributed by atoms with Crippen LogP contribution in [0.25, 0.3) is 0 Å². The number of rotatable bonds is 6. The Bertz CT molecular complexity index is 690. The Hall–Kier alpha value is -2.76. The molecule has 2 aromatic rings. The van der Waals surface area contributed by atoms with Crippen molar-refractivity contribution < 1.29 is 23.8 Å². The van der Waals surface area contributed by atoms with E-state index in [1.807, 2.05) is 13.8 Å². The van der Waals surface area contributed by atoms with Crippen molar-refractivity contribution in [2.45, 2.75) is 20.3 Å². The molecule has 0 atom stereocenters. The van der Waals surface area contributed by atoms with Crippen molar-refractivity contribution in [3.05, 3.63) is 47.4 Å². The van der Waals surface area contributed by atoms with Crippen LogP contribution >= 0.6 is 0 Å². The van der Waals surface area contributed by atoms with Crippen molar-refractivity contribution in [3.63, 3.8) is 0 Å². The third-order valence-corrected chi connectivity index (χ3v) is 3.02. The Labute approximate surface area is 127 Å². The summed E-state index contributed by atoms with van der Waals surface area (Å²) in [6, 6.07) is 8.21. The number of hydrogen-bond donors (Lipinski definition) is 2. The molecule has 2 N–H and O–H groups in total. The van der Waals surface area contributed by atoms with Crippen LogP contribution in [0.4, 0.5) is 5.69 Å². The van der Waals surface area contributed by atoms with Crippen molar-refractivity contribution in [2.75, 3.05) is 11.9 Å². The summed E-state index contributed by atoms with van der Waals surface area (Å²) in [6.45, 7) is 3.41. The first-order valence-corrected chi connectivity index (χ1v) is 6.85. The number of carboxylic acid groups (broad SMARTS) is 1. The van der Waals surface area contributed by atoms with Crippen LogP contribution in [0.15, 0.2) is 34.7 Å². The van der Waals surface area contributed by atoms with Gasteiger partial charge in [0.1, 0.15) is 11.5 Å². The summed E-state index contributed by atoms with van der Waals surface area (Å²) in [5.74, 6) is -0.0363. The smallest absolute Gasteiger partial charge is 0.341 e. The first-order valence-electron chi connectivity index (χ1n) is 6.85. The number of carbonyl (C=O) groups excluding carboxylic acids is 1. The van der Waals surface area contributed by atoms with E-state index in [9.17, 15) is 9.59 Å². The van der Waals surface area contributed by atoms with Gasteiger partial charge in [0, 0.05) is 18.2 Å². The van der Waals surface area contributed by atoms with Gasteiger partial charge in [0.25, 0.3) is 5.91 Å². The van der Waals surface area contributed by atoms with E-state index in [1.54, 1.807) is 30.3 Å². The van der Waals surface area contributed by atoms with Gasteiger partial charge < -0.3 is 19.6 Å². The molecule has 2 rings (SSSR count). The highest BCUT2D eigenvalue weighted by Crippen LogP contribution is 2.20. The molecule has 0 fully saturated rings. The Morgan fingerprint density at radius 2 is 2.09 bits per heavy atom. The van der Waals surface area contributed by atoms with Crippen LogP contribution in [-0.2, 0) is 11.2 Å². The second-order valence-corrected chi connectivity index (χ2v) is 4.73. The number of ether oxygens (including phenoxy) is 1. The molecule has 1 amide bonds. The SMILES string of the molecule is CCc1oc(C(=O)Nc2cccc(OCC(=O)O)c2)cc1C. The summed E-state index contributed by atoms with van der Waals surface area (Å²) < 4.78 is 10.5. The molecule has 0 saturated carbocycles. The highest BCUT2D eigenvalue weighted by molar-refractivity contribution is 6.02. The van der Waals surface area contributed by atoms with Crippen LogP contribution in [0, 0.1) is 6.92 Å². The third kappa shape index (κ3) is 3.88. The fourth-order valence-corrected chi connectivity index (χ4v) is 1.98. The molecule has 0 spiro atoms. The fraction of sp³-hybridized carbons (Fsp3) is 0.250.